The van der Waals surface area contributed by atoms with Crippen LogP contribution in [0.4, 0.5) is 10.2 Å². The summed E-state index contributed by atoms with van der Waals surface area (Å²) in [6.45, 7) is 3.53. The van der Waals surface area contributed by atoms with Crippen LogP contribution in [0.2, 0.25) is 0 Å². The number of anilines is 1. The lowest BCUT2D eigenvalue weighted by atomic mass is 9.94. The number of carbonyl (C=O) groups is 1. The third kappa shape index (κ3) is 3.39. The molecule has 1 atom stereocenters. The first-order chi connectivity index (χ1) is 11.9. The molecule has 25 heavy (non-hydrogen) atoms. The Morgan fingerprint density at radius 1 is 1.40 bits per heavy atom. The topological polar surface area (TPSA) is 70.4 Å². The molecular weight excluding hydrogens is 343 g/mol. The van der Waals surface area contributed by atoms with Crippen LogP contribution < -0.4 is 10.6 Å². The highest BCUT2D eigenvalue weighted by Gasteiger charge is 2.33. The third-order valence-corrected chi connectivity index (χ3v) is 4.44. The van der Waals surface area contributed by atoms with Crippen molar-refractivity contribution in [3.8, 4) is 0 Å². The predicted octanol–water partition coefficient (Wildman–Crippen LogP) is 2.90. The first-order valence-electron chi connectivity index (χ1n) is 7.62. The monoisotopic (exact) mass is 360 g/mol. The van der Waals surface area contributed by atoms with Gasteiger partial charge in [0.05, 0.1) is 11.6 Å². The van der Waals surface area contributed by atoms with Gasteiger partial charge in [-0.25, -0.2) is 4.39 Å². The maximum Gasteiger partial charge on any atom is 0.257 e. The lowest BCUT2D eigenvalue weighted by molar-refractivity contribution is -0.113. The molecule has 1 aromatic carbocycles. The minimum Gasteiger partial charge on any atom is -0.360 e. The van der Waals surface area contributed by atoms with Crippen LogP contribution in [0.1, 0.15) is 24.3 Å². The number of aromatic nitrogens is 1. The molecular formula is C17H17FN4O2S. The van der Waals surface area contributed by atoms with Crippen molar-refractivity contribution >= 4 is 29.1 Å². The normalized spacial score (nSPS) is 17.5. The number of benzene rings is 1. The smallest absolute Gasteiger partial charge is 0.257 e. The molecule has 0 aliphatic carbocycles. The van der Waals surface area contributed by atoms with E-state index in [1.807, 2.05) is 0 Å². The zero-order chi connectivity index (χ0) is 18.1. The highest BCUT2D eigenvalue weighted by molar-refractivity contribution is 7.80. The van der Waals surface area contributed by atoms with E-state index in [1.54, 1.807) is 44.0 Å². The number of allylic oxidation sites excluding steroid dienone is 1. The zero-order valence-corrected chi connectivity index (χ0v) is 14.8. The molecule has 6 nitrogen and oxygen atoms in total. The number of aryl methyl sites for hydroxylation is 1. The number of carbonyl (C=O) groups excluding carboxylic acids is 1. The fourth-order valence-electron chi connectivity index (χ4n) is 2.67. The summed E-state index contributed by atoms with van der Waals surface area (Å²) in [7, 11) is 1.76. The van der Waals surface area contributed by atoms with Crippen molar-refractivity contribution in [3.63, 3.8) is 0 Å². The quantitative estimate of drug-likeness (QED) is 0.821. The van der Waals surface area contributed by atoms with E-state index < -0.39 is 6.04 Å². The highest BCUT2D eigenvalue weighted by Crippen LogP contribution is 2.31. The number of halogens is 1. The molecule has 8 heteroatoms. The molecule has 0 spiro atoms. The number of thiocarbonyl (C=S) groups is 1. The van der Waals surface area contributed by atoms with Crippen molar-refractivity contribution in [2.45, 2.75) is 19.9 Å². The molecule has 1 aliphatic heterocycles. The molecule has 2 aromatic rings. The molecule has 0 saturated carbocycles. The summed E-state index contributed by atoms with van der Waals surface area (Å²) in [6.07, 6.45) is 0. The van der Waals surface area contributed by atoms with Gasteiger partial charge in [0.1, 0.15) is 11.6 Å². The van der Waals surface area contributed by atoms with Crippen molar-refractivity contribution in [1.82, 2.24) is 15.4 Å². The molecule has 0 saturated heterocycles. The maximum absolute atomic E-state index is 13.7. The molecule has 3 rings (SSSR count). The number of nitrogens with one attached hydrogen (secondary N) is 2. The Morgan fingerprint density at radius 3 is 2.80 bits per heavy atom. The van der Waals surface area contributed by atoms with Crippen LogP contribution in [0.3, 0.4) is 0 Å². The average Bonchev–Trinajstić information content (AvgIpc) is 2.97. The second kappa shape index (κ2) is 6.64. The average molecular weight is 360 g/mol. The molecule has 1 aliphatic rings. The van der Waals surface area contributed by atoms with E-state index in [2.05, 4.69) is 15.8 Å². The van der Waals surface area contributed by atoms with E-state index in [-0.39, 0.29) is 11.7 Å². The van der Waals surface area contributed by atoms with Crippen LogP contribution in [-0.2, 0) is 4.79 Å². The van der Waals surface area contributed by atoms with Gasteiger partial charge in [-0.2, -0.15) is 0 Å². The summed E-state index contributed by atoms with van der Waals surface area (Å²) >= 11 is 5.32. The summed E-state index contributed by atoms with van der Waals surface area (Å²) in [5.41, 5.74) is 1.72. The Balaban J connectivity index is 2.00. The van der Waals surface area contributed by atoms with E-state index in [0.717, 1.165) is 0 Å². The molecule has 2 N–H and O–H groups in total. The number of rotatable bonds is 3. The third-order valence-electron chi connectivity index (χ3n) is 4.05. The van der Waals surface area contributed by atoms with Crippen molar-refractivity contribution in [2.75, 3.05) is 12.4 Å². The van der Waals surface area contributed by atoms with Gasteiger partial charge in [-0.15, -0.1) is 0 Å². The van der Waals surface area contributed by atoms with E-state index >= 15 is 0 Å². The largest absolute Gasteiger partial charge is 0.360 e. The number of amides is 1. The van der Waals surface area contributed by atoms with Gasteiger partial charge >= 0.3 is 0 Å². The fourth-order valence-corrected chi connectivity index (χ4v) is 2.93. The minimum absolute atomic E-state index is 0.316. The van der Waals surface area contributed by atoms with Gasteiger partial charge in [-0.1, -0.05) is 17.3 Å². The molecule has 2 heterocycles. The van der Waals surface area contributed by atoms with Crippen LogP contribution in [0.25, 0.3) is 0 Å². The Kier molecular flexibility index (Phi) is 4.54. The van der Waals surface area contributed by atoms with Crippen molar-refractivity contribution in [1.29, 1.82) is 0 Å². The van der Waals surface area contributed by atoms with Crippen LogP contribution in [0.15, 0.2) is 46.1 Å². The zero-order valence-electron chi connectivity index (χ0n) is 14.0. The van der Waals surface area contributed by atoms with Gasteiger partial charge in [-0.05, 0) is 43.8 Å². The van der Waals surface area contributed by atoms with Crippen molar-refractivity contribution in [3.05, 3.63) is 58.7 Å². The Bertz CT molecular complexity index is 877. The molecule has 0 radical (unpaired) electrons. The van der Waals surface area contributed by atoms with Gasteiger partial charge < -0.3 is 20.1 Å². The minimum atomic E-state index is -0.563. The van der Waals surface area contributed by atoms with E-state index in [1.165, 1.54) is 12.1 Å². The first-order valence-corrected chi connectivity index (χ1v) is 8.02. The van der Waals surface area contributed by atoms with Gasteiger partial charge in [0.15, 0.2) is 10.9 Å². The molecule has 0 fully saturated rings. The first kappa shape index (κ1) is 17.1. The van der Waals surface area contributed by atoms with E-state index in [4.69, 9.17) is 16.7 Å². The van der Waals surface area contributed by atoms with Crippen molar-refractivity contribution < 1.29 is 13.7 Å². The number of nitrogens with zero attached hydrogens (tertiary/aromatic N) is 2. The van der Waals surface area contributed by atoms with Crippen molar-refractivity contribution in [2.24, 2.45) is 0 Å². The lowest BCUT2D eigenvalue weighted by Gasteiger charge is -2.35. The summed E-state index contributed by atoms with van der Waals surface area (Å²) in [5, 5.41) is 10.0. The maximum atomic E-state index is 13.7. The fraction of sp³-hybridized carbons (Fsp3) is 0.235. The van der Waals surface area contributed by atoms with Crippen LogP contribution >= 0.6 is 12.2 Å². The highest BCUT2D eigenvalue weighted by atomic mass is 32.1. The van der Waals surface area contributed by atoms with Crippen LogP contribution in [0, 0.1) is 12.7 Å². The Morgan fingerprint density at radius 2 is 2.16 bits per heavy atom. The van der Waals surface area contributed by atoms with Crippen LogP contribution in [0.5, 0.6) is 0 Å². The molecule has 0 bridgehead atoms. The second-order valence-corrected chi connectivity index (χ2v) is 6.16. The predicted molar refractivity (Wildman–Crippen MR) is 95.2 cm³/mol. The molecule has 1 amide bonds. The summed E-state index contributed by atoms with van der Waals surface area (Å²) in [6, 6.07) is 7.13. The Hall–Kier alpha value is -2.74. The van der Waals surface area contributed by atoms with Crippen LogP contribution in [-0.4, -0.2) is 28.1 Å². The molecule has 1 aromatic heterocycles. The summed E-state index contributed by atoms with van der Waals surface area (Å²) in [4.78, 5) is 14.6. The SMILES string of the molecule is CC1=C(C(=O)Nc2cc(C)on2)[C@H](c2cccc(F)c2)NC(=S)N1C. The Labute approximate surface area is 149 Å². The second-order valence-electron chi connectivity index (χ2n) is 5.77. The molecule has 0 unspecified atom stereocenters. The number of hydrogen-bond acceptors (Lipinski definition) is 4. The van der Waals surface area contributed by atoms with E-state index in [9.17, 15) is 9.18 Å². The molecule has 130 valence electrons. The standard InChI is InChI=1S/C17H17FN4O2S/c1-9-7-13(21-24-9)19-16(23)14-10(2)22(3)17(25)20-15(14)11-5-4-6-12(18)8-11/h4-8,15H,1-3H3,(H,20,25)(H,19,21,23)/t15-/m0/s1. The van der Waals surface area contributed by atoms with Gasteiger partial charge in [0, 0.05) is 18.8 Å². The summed E-state index contributed by atoms with van der Waals surface area (Å²) in [5.74, 6) is 0.162. The van der Waals surface area contributed by atoms with E-state index in [0.29, 0.717) is 33.5 Å². The summed E-state index contributed by atoms with van der Waals surface area (Å²) < 4.78 is 18.6. The van der Waals surface area contributed by atoms with Gasteiger partial charge in [0.2, 0.25) is 0 Å². The van der Waals surface area contributed by atoms with Gasteiger partial charge in [0.25, 0.3) is 5.91 Å². The van der Waals surface area contributed by atoms with Gasteiger partial charge in [-0.3, -0.25) is 4.79 Å². The lowest BCUT2D eigenvalue weighted by Crippen LogP contribution is -2.46. The number of hydrogen-bond donors (Lipinski definition) is 2.